The molecule has 0 saturated carbocycles. The summed E-state index contributed by atoms with van der Waals surface area (Å²) in [6.07, 6.45) is 0.835. The van der Waals surface area contributed by atoms with Crippen LogP contribution in [0.4, 0.5) is 0 Å². The van der Waals surface area contributed by atoms with Gasteiger partial charge in [0.25, 0.3) is 0 Å². The number of hydrogen-bond donors (Lipinski definition) is 1. The van der Waals surface area contributed by atoms with Crippen LogP contribution in [0.2, 0.25) is 5.02 Å². The Hall–Kier alpha value is -1.32. The molecule has 1 atom stereocenters. The van der Waals surface area contributed by atoms with E-state index >= 15 is 0 Å². The Labute approximate surface area is 99.2 Å². The van der Waals surface area contributed by atoms with Crippen molar-refractivity contribution in [2.24, 2.45) is 5.73 Å². The van der Waals surface area contributed by atoms with Gasteiger partial charge in [-0.25, -0.2) is 0 Å². The van der Waals surface area contributed by atoms with Crippen LogP contribution < -0.4 is 5.73 Å². The van der Waals surface area contributed by atoms with E-state index in [0.29, 0.717) is 10.8 Å². The van der Waals surface area contributed by atoms with Crippen molar-refractivity contribution >= 4 is 11.6 Å². The van der Waals surface area contributed by atoms with Crippen molar-refractivity contribution in [3.05, 3.63) is 41.0 Å². The smallest absolute Gasteiger partial charge is 0.167 e. The lowest BCUT2D eigenvalue weighted by Crippen LogP contribution is -2.08. The largest absolute Gasteiger partial charge is 0.356 e. The van der Waals surface area contributed by atoms with Crippen molar-refractivity contribution in [2.45, 2.75) is 19.4 Å². The quantitative estimate of drug-likeness (QED) is 0.889. The Kier molecular flexibility index (Phi) is 3.27. The molecule has 0 aliphatic rings. The maximum absolute atomic E-state index is 5.90. The molecule has 4 heteroatoms. The van der Waals surface area contributed by atoms with Crippen LogP contribution in [0, 0.1) is 0 Å². The maximum atomic E-state index is 5.90. The molecule has 1 aromatic carbocycles. The van der Waals surface area contributed by atoms with Crippen LogP contribution in [0.1, 0.15) is 25.1 Å². The number of hydrogen-bond acceptors (Lipinski definition) is 3. The lowest BCUT2D eigenvalue weighted by atomic mass is 10.1. The summed E-state index contributed by atoms with van der Waals surface area (Å²) in [5.74, 6) is 0.696. The SMILES string of the molecule is CCC(N)c1cc(-c2cccc(Cl)c2)on1. The lowest BCUT2D eigenvalue weighted by molar-refractivity contribution is 0.415. The van der Waals surface area contributed by atoms with Gasteiger partial charge in [0.15, 0.2) is 5.76 Å². The van der Waals surface area contributed by atoms with Crippen LogP contribution in [-0.4, -0.2) is 5.16 Å². The summed E-state index contributed by atoms with van der Waals surface area (Å²) >= 11 is 5.90. The summed E-state index contributed by atoms with van der Waals surface area (Å²) in [6.45, 7) is 2.01. The fourth-order valence-corrected chi connectivity index (χ4v) is 1.64. The fraction of sp³-hybridized carbons (Fsp3) is 0.250. The first-order valence-electron chi connectivity index (χ1n) is 5.19. The second-order valence-electron chi connectivity index (χ2n) is 3.64. The van der Waals surface area contributed by atoms with Crippen molar-refractivity contribution in [1.82, 2.24) is 5.16 Å². The molecule has 2 rings (SSSR count). The second kappa shape index (κ2) is 4.68. The molecule has 16 heavy (non-hydrogen) atoms. The summed E-state index contributed by atoms with van der Waals surface area (Å²) in [5, 5.41) is 4.63. The van der Waals surface area contributed by atoms with Gasteiger partial charge in [0.2, 0.25) is 0 Å². The normalized spacial score (nSPS) is 12.7. The van der Waals surface area contributed by atoms with Crippen LogP contribution in [0.3, 0.4) is 0 Å². The van der Waals surface area contributed by atoms with Crippen LogP contribution in [0.15, 0.2) is 34.9 Å². The third-order valence-electron chi connectivity index (χ3n) is 2.46. The van der Waals surface area contributed by atoms with Gasteiger partial charge in [0.1, 0.15) is 5.69 Å². The number of nitrogens with zero attached hydrogens (tertiary/aromatic N) is 1. The van der Waals surface area contributed by atoms with Crippen LogP contribution in [0.5, 0.6) is 0 Å². The highest BCUT2D eigenvalue weighted by atomic mass is 35.5. The first kappa shape index (κ1) is 11.2. The molecule has 1 aromatic heterocycles. The first-order valence-corrected chi connectivity index (χ1v) is 5.56. The van der Waals surface area contributed by atoms with Gasteiger partial charge in [-0.1, -0.05) is 35.8 Å². The summed E-state index contributed by atoms with van der Waals surface area (Å²) in [7, 11) is 0. The number of halogens is 1. The molecule has 3 nitrogen and oxygen atoms in total. The van der Waals surface area contributed by atoms with Crippen molar-refractivity contribution in [3.8, 4) is 11.3 Å². The highest BCUT2D eigenvalue weighted by Gasteiger charge is 2.11. The first-order chi connectivity index (χ1) is 7.70. The third-order valence-corrected chi connectivity index (χ3v) is 2.69. The van der Waals surface area contributed by atoms with E-state index < -0.39 is 0 Å². The predicted octanol–water partition coefficient (Wildman–Crippen LogP) is 3.40. The average Bonchev–Trinajstić information content (AvgIpc) is 2.77. The molecule has 0 saturated heterocycles. The minimum absolute atomic E-state index is 0.0725. The molecule has 0 bridgehead atoms. The van der Waals surface area contributed by atoms with E-state index in [4.69, 9.17) is 21.9 Å². The minimum Gasteiger partial charge on any atom is -0.356 e. The van der Waals surface area contributed by atoms with Gasteiger partial charge in [-0.05, 0) is 18.6 Å². The lowest BCUT2D eigenvalue weighted by Gasteiger charge is -2.00. The van der Waals surface area contributed by atoms with E-state index in [0.717, 1.165) is 17.7 Å². The molecule has 0 spiro atoms. The Bertz CT molecular complexity index is 481. The van der Waals surface area contributed by atoms with Gasteiger partial charge in [-0.2, -0.15) is 0 Å². The van der Waals surface area contributed by atoms with Gasteiger partial charge in [0.05, 0.1) is 6.04 Å². The van der Waals surface area contributed by atoms with E-state index in [1.54, 1.807) is 0 Å². The zero-order valence-corrected chi connectivity index (χ0v) is 9.74. The van der Waals surface area contributed by atoms with Crippen molar-refractivity contribution in [3.63, 3.8) is 0 Å². The summed E-state index contributed by atoms with van der Waals surface area (Å²) in [4.78, 5) is 0. The molecule has 84 valence electrons. The second-order valence-corrected chi connectivity index (χ2v) is 4.08. The summed E-state index contributed by atoms with van der Waals surface area (Å²) < 4.78 is 5.24. The highest BCUT2D eigenvalue weighted by Crippen LogP contribution is 2.25. The van der Waals surface area contributed by atoms with Crippen LogP contribution in [0.25, 0.3) is 11.3 Å². The van der Waals surface area contributed by atoms with Gasteiger partial charge in [-0.3, -0.25) is 0 Å². The standard InChI is InChI=1S/C12H13ClN2O/c1-2-10(14)11-7-12(16-15-11)8-4-3-5-9(13)6-8/h3-7,10H,2,14H2,1H3. The van der Waals surface area contributed by atoms with Crippen molar-refractivity contribution < 1.29 is 4.52 Å². The summed E-state index contributed by atoms with van der Waals surface area (Å²) in [6, 6.07) is 9.24. The highest BCUT2D eigenvalue weighted by molar-refractivity contribution is 6.30. The number of benzene rings is 1. The summed E-state index contributed by atoms with van der Waals surface area (Å²) in [5.41, 5.74) is 7.55. The molecule has 1 heterocycles. The maximum Gasteiger partial charge on any atom is 0.167 e. The Morgan fingerprint density at radius 1 is 1.44 bits per heavy atom. The monoisotopic (exact) mass is 236 g/mol. The number of nitrogens with two attached hydrogens (primary N) is 1. The predicted molar refractivity (Wildman–Crippen MR) is 64.2 cm³/mol. The molecular formula is C12H13ClN2O. The molecule has 0 fully saturated rings. The van der Waals surface area contributed by atoms with Crippen molar-refractivity contribution in [1.29, 1.82) is 0 Å². The van der Waals surface area contributed by atoms with Gasteiger partial charge >= 0.3 is 0 Å². The molecule has 1 unspecified atom stereocenters. The van der Waals surface area contributed by atoms with E-state index in [1.165, 1.54) is 0 Å². The van der Waals surface area contributed by atoms with E-state index in [9.17, 15) is 0 Å². The van der Waals surface area contributed by atoms with Gasteiger partial charge in [-0.15, -0.1) is 0 Å². The fourth-order valence-electron chi connectivity index (χ4n) is 1.45. The molecule has 2 N–H and O–H groups in total. The molecule has 0 aliphatic heterocycles. The van der Waals surface area contributed by atoms with E-state index in [1.807, 2.05) is 37.3 Å². The minimum atomic E-state index is -0.0725. The topological polar surface area (TPSA) is 52.0 Å². The van der Waals surface area contributed by atoms with Gasteiger partial charge < -0.3 is 10.3 Å². The Balaban J connectivity index is 2.31. The third kappa shape index (κ3) is 2.26. The Morgan fingerprint density at radius 2 is 2.25 bits per heavy atom. The molecule has 2 aromatic rings. The zero-order valence-electron chi connectivity index (χ0n) is 8.98. The number of aromatic nitrogens is 1. The molecule has 0 amide bonds. The van der Waals surface area contributed by atoms with Crippen molar-refractivity contribution in [2.75, 3.05) is 0 Å². The number of rotatable bonds is 3. The van der Waals surface area contributed by atoms with Crippen LogP contribution >= 0.6 is 11.6 Å². The van der Waals surface area contributed by atoms with Crippen LogP contribution in [-0.2, 0) is 0 Å². The molecular weight excluding hydrogens is 224 g/mol. The van der Waals surface area contributed by atoms with E-state index in [2.05, 4.69) is 5.16 Å². The Morgan fingerprint density at radius 3 is 2.94 bits per heavy atom. The molecule has 0 radical (unpaired) electrons. The van der Waals surface area contributed by atoms with E-state index in [-0.39, 0.29) is 6.04 Å². The average molecular weight is 237 g/mol. The molecule has 0 aliphatic carbocycles. The zero-order chi connectivity index (χ0) is 11.5. The van der Waals surface area contributed by atoms with Gasteiger partial charge in [0, 0.05) is 16.7 Å².